The largest absolute Gasteiger partial charge is 1.00 e. The second kappa shape index (κ2) is 4.13. The van der Waals surface area contributed by atoms with Crippen molar-refractivity contribution in [3.63, 3.8) is 0 Å². The molecule has 3 nitrogen and oxygen atoms in total. The van der Waals surface area contributed by atoms with Crippen LogP contribution in [-0.4, -0.2) is 14.4 Å². The van der Waals surface area contributed by atoms with Gasteiger partial charge in [-0.1, -0.05) is 5.39 Å². The molecule has 1 aromatic carbocycles. The average Bonchev–Trinajstić information content (AvgIpc) is 2.89. The molecule has 0 bridgehead atoms. The fourth-order valence-electron chi connectivity index (χ4n) is 2.33. The van der Waals surface area contributed by atoms with Crippen LogP contribution in [0.25, 0.3) is 27.3 Å². The zero-order chi connectivity index (χ0) is 11.2. The second-order valence-corrected chi connectivity index (χ2v) is 3.97. The summed E-state index contributed by atoms with van der Waals surface area (Å²) in [4.78, 5) is 8.61. The number of rotatable bonds is 0. The van der Waals surface area contributed by atoms with Gasteiger partial charge in [0.1, 0.15) is 0 Å². The molecule has 0 fully saturated rings. The quantitative estimate of drug-likeness (QED) is 0.236. The van der Waals surface area contributed by atoms with E-state index in [1.807, 2.05) is 36.8 Å². The van der Waals surface area contributed by atoms with Crippen molar-refractivity contribution in [3.05, 3.63) is 55.1 Å². The van der Waals surface area contributed by atoms with Gasteiger partial charge in [0.2, 0.25) is 0 Å². The van der Waals surface area contributed by atoms with Crippen LogP contribution in [0.5, 0.6) is 0 Å². The molecule has 18 heavy (non-hydrogen) atoms. The molecule has 0 N–H and O–H groups in total. The summed E-state index contributed by atoms with van der Waals surface area (Å²) in [5.41, 5.74) is 2.07. The van der Waals surface area contributed by atoms with Crippen molar-refractivity contribution in [3.8, 4) is 0 Å². The van der Waals surface area contributed by atoms with Gasteiger partial charge in [0, 0.05) is 30.3 Å². The summed E-state index contributed by atoms with van der Waals surface area (Å²) in [6.07, 6.45) is 7.48. The van der Waals surface area contributed by atoms with Gasteiger partial charge in [-0.15, -0.1) is 29.7 Å². The van der Waals surface area contributed by atoms with Crippen molar-refractivity contribution in [2.45, 2.75) is 0 Å². The number of pyridine rings is 2. The Kier molecular flexibility index (Phi) is 2.59. The molecule has 0 aliphatic heterocycles. The topological polar surface area (TPSA) is 30.2 Å². The molecule has 3 heterocycles. The van der Waals surface area contributed by atoms with Crippen molar-refractivity contribution < 1.29 is 18.9 Å². The Hall–Kier alpha value is -1.82. The molecule has 0 aliphatic rings. The fourth-order valence-corrected chi connectivity index (χ4v) is 2.33. The van der Waals surface area contributed by atoms with Gasteiger partial charge < -0.3 is 4.40 Å². The van der Waals surface area contributed by atoms with E-state index >= 15 is 0 Å². The van der Waals surface area contributed by atoms with Crippen LogP contribution in [0.3, 0.4) is 0 Å². The minimum absolute atomic E-state index is 0. The van der Waals surface area contributed by atoms with E-state index < -0.39 is 0 Å². The predicted molar refractivity (Wildman–Crippen MR) is 66.8 cm³/mol. The van der Waals surface area contributed by atoms with Crippen molar-refractivity contribution in [1.29, 1.82) is 0 Å². The Morgan fingerprint density at radius 2 is 2.06 bits per heavy atom. The van der Waals surface area contributed by atoms with Crippen LogP contribution in [0.4, 0.5) is 0 Å². The van der Waals surface area contributed by atoms with Crippen LogP contribution < -0.4 is 18.9 Å². The summed E-state index contributed by atoms with van der Waals surface area (Å²) in [7, 11) is 0. The van der Waals surface area contributed by atoms with Crippen molar-refractivity contribution in [2.24, 2.45) is 0 Å². The van der Waals surface area contributed by atoms with Gasteiger partial charge in [0.25, 0.3) is 0 Å². The minimum Gasteiger partial charge on any atom is -0.340 e. The third-order valence-corrected chi connectivity index (χ3v) is 3.07. The molecular weight excluding hydrogens is 217 g/mol. The van der Waals surface area contributed by atoms with Gasteiger partial charge in [0.05, 0.1) is 5.65 Å². The molecule has 4 heteroatoms. The smallest absolute Gasteiger partial charge is 0.340 e. The van der Waals surface area contributed by atoms with Gasteiger partial charge >= 0.3 is 18.9 Å². The normalized spacial score (nSPS) is 10.9. The molecule has 80 valence electrons. The van der Waals surface area contributed by atoms with Crippen LogP contribution in [0.2, 0.25) is 0 Å². The maximum Gasteiger partial charge on any atom is 1.00 e. The SMILES string of the molecule is [Li+].[c-]1cccc2c1c1nccn1c1ccncc21. The monoisotopic (exact) mass is 225 g/mol. The second-order valence-electron chi connectivity index (χ2n) is 3.97. The van der Waals surface area contributed by atoms with E-state index in [2.05, 4.69) is 26.5 Å². The van der Waals surface area contributed by atoms with E-state index in [0.717, 1.165) is 27.3 Å². The average molecular weight is 225 g/mol. The number of hydrogen-bond acceptors (Lipinski definition) is 2. The molecule has 0 aliphatic carbocycles. The van der Waals surface area contributed by atoms with E-state index in [9.17, 15) is 0 Å². The third kappa shape index (κ3) is 1.38. The summed E-state index contributed by atoms with van der Waals surface area (Å²) in [6.45, 7) is 0. The molecule has 0 amide bonds. The van der Waals surface area contributed by atoms with Gasteiger partial charge in [-0.3, -0.25) is 9.97 Å². The van der Waals surface area contributed by atoms with Gasteiger partial charge in [-0.2, -0.15) is 0 Å². The predicted octanol–water partition coefficient (Wildman–Crippen LogP) is -0.160. The van der Waals surface area contributed by atoms with Crippen LogP contribution in [-0.2, 0) is 0 Å². The molecule has 0 unspecified atom stereocenters. The number of benzene rings is 1. The first-order valence-electron chi connectivity index (χ1n) is 5.44. The zero-order valence-electron chi connectivity index (χ0n) is 9.96. The van der Waals surface area contributed by atoms with Crippen molar-refractivity contribution in [1.82, 2.24) is 14.4 Å². The first-order valence-corrected chi connectivity index (χ1v) is 5.44. The summed E-state index contributed by atoms with van der Waals surface area (Å²) in [5, 5.41) is 3.32. The number of fused-ring (bicyclic) bond motifs is 6. The Morgan fingerprint density at radius 3 is 3.00 bits per heavy atom. The Balaban J connectivity index is 0.000001000. The Bertz CT molecular complexity index is 781. The number of aromatic nitrogens is 3. The van der Waals surface area contributed by atoms with E-state index in [-0.39, 0.29) is 18.9 Å². The van der Waals surface area contributed by atoms with E-state index in [1.165, 1.54) is 0 Å². The first kappa shape index (κ1) is 11.3. The van der Waals surface area contributed by atoms with Crippen molar-refractivity contribution in [2.75, 3.05) is 0 Å². The molecule has 0 atom stereocenters. The summed E-state index contributed by atoms with van der Waals surface area (Å²) >= 11 is 0. The standard InChI is InChI=1S/C14H8N3.Li/c1-2-4-11-10(3-1)12-9-15-6-5-13(12)17-8-7-16-14(11)17;/h1-3,5-9H;/q-1;+1. The molecule has 0 saturated heterocycles. The molecule has 0 spiro atoms. The number of nitrogens with zero attached hydrogens (tertiary/aromatic N) is 3. The van der Waals surface area contributed by atoms with E-state index in [1.54, 1.807) is 6.20 Å². The van der Waals surface area contributed by atoms with Crippen molar-refractivity contribution >= 4 is 27.3 Å². The third-order valence-electron chi connectivity index (χ3n) is 3.07. The van der Waals surface area contributed by atoms with Crippen LogP contribution >= 0.6 is 0 Å². The van der Waals surface area contributed by atoms with Gasteiger partial charge in [-0.25, -0.2) is 0 Å². The number of imidazole rings is 1. The van der Waals surface area contributed by atoms with Crippen LogP contribution in [0, 0.1) is 6.07 Å². The first-order chi connectivity index (χ1) is 8.45. The fraction of sp³-hybridized carbons (Fsp3) is 0. The summed E-state index contributed by atoms with van der Waals surface area (Å²) in [6, 6.07) is 11.3. The Morgan fingerprint density at radius 1 is 1.11 bits per heavy atom. The molecule has 0 saturated carbocycles. The molecule has 3 aromatic heterocycles. The van der Waals surface area contributed by atoms with E-state index in [0.29, 0.717) is 0 Å². The van der Waals surface area contributed by atoms with Gasteiger partial charge in [-0.05, 0) is 11.5 Å². The molecule has 0 radical (unpaired) electrons. The maximum absolute atomic E-state index is 4.41. The number of hydrogen-bond donors (Lipinski definition) is 0. The molecular formula is C14H8LiN3. The Labute approximate surface area is 116 Å². The van der Waals surface area contributed by atoms with E-state index in [4.69, 9.17) is 0 Å². The van der Waals surface area contributed by atoms with Crippen LogP contribution in [0.15, 0.2) is 49.1 Å². The molecule has 4 rings (SSSR count). The van der Waals surface area contributed by atoms with Gasteiger partial charge in [0.15, 0.2) is 0 Å². The maximum atomic E-state index is 4.41. The zero-order valence-corrected chi connectivity index (χ0v) is 9.96. The summed E-state index contributed by atoms with van der Waals surface area (Å²) < 4.78 is 2.08. The molecule has 4 aromatic rings. The van der Waals surface area contributed by atoms with Crippen LogP contribution in [0.1, 0.15) is 0 Å². The minimum atomic E-state index is 0. The summed E-state index contributed by atoms with van der Waals surface area (Å²) in [5.74, 6) is 0.